The average Bonchev–Trinajstić information content (AvgIpc) is 0.896. The fourth-order valence-corrected chi connectivity index (χ4v) is 12.7. The summed E-state index contributed by atoms with van der Waals surface area (Å²) in [6.45, 7) is 4.64. The number of ether oxygens (including phenoxy) is 4. The third-order valence-corrected chi connectivity index (χ3v) is 19.5. The first-order chi connectivity index (χ1) is 52.7. The monoisotopic (exact) mass is 1560 g/mol. The van der Waals surface area contributed by atoms with Crippen LogP contribution in [0.15, 0.2) is 134 Å². The fraction of sp³-hybridized carbons (Fsp3) is 0.708. The number of hydrogen-bond donors (Lipinski definition) is 3. The first kappa shape index (κ1) is 103. The van der Waals surface area contributed by atoms with Gasteiger partial charge >= 0.3 is 39.5 Å². The van der Waals surface area contributed by atoms with Crippen molar-refractivity contribution in [1.82, 2.24) is 0 Å². The zero-order valence-electron chi connectivity index (χ0n) is 68.0. The topological polar surface area (TPSA) is 237 Å². The van der Waals surface area contributed by atoms with Crippen LogP contribution in [0.2, 0.25) is 0 Å². The van der Waals surface area contributed by atoms with Crippen LogP contribution in [-0.2, 0) is 65.4 Å². The number of unbranched alkanes of at least 4 members (excludes halogenated alkanes) is 31. The Morgan fingerprint density at radius 2 is 0.500 bits per heavy atom. The predicted octanol–water partition coefficient (Wildman–Crippen LogP) is 25.2. The van der Waals surface area contributed by atoms with Gasteiger partial charge in [-0.25, -0.2) is 9.13 Å². The van der Waals surface area contributed by atoms with Crippen LogP contribution in [0.5, 0.6) is 0 Å². The lowest BCUT2D eigenvalue weighted by atomic mass is 10.0. The highest BCUT2D eigenvalue weighted by Gasteiger charge is 2.30. The quantitative estimate of drug-likeness (QED) is 0.0169. The van der Waals surface area contributed by atoms with Crippen molar-refractivity contribution in [1.29, 1.82) is 0 Å². The Morgan fingerprint density at radius 1 is 0.269 bits per heavy atom. The number of rotatable bonds is 79. The molecule has 0 radical (unpaired) electrons. The molecule has 19 heteroatoms. The van der Waals surface area contributed by atoms with Crippen molar-refractivity contribution in [2.24, 2.45) is 0 Å². The molecule has 0 amide bonds. The van der Waals surface area contributed by atoms with Crippen molar-refractivity contribution in [3.8, 4) is 0 Å². The molecule has 108 heavy (non-hydrogen) atoms. The van der Waals surface area contributed by atoms with Crippen LogP contribution in [0.25, 0.3) is 0 Å². The highest BCUT2D eigenvalue weighted by molar-refractivity contribution is 7.47. The zero-order chi connectivity index (χ0) is 78.9. The van der Waals surface area contributed by atoms with Crippen molar-refractivity contribution in [3.63, 3.8) is 0 Å². The fourth-order valence-electron chi connectivity index (χ4n) is 11.2. The molecule has 17 nitrogen and oxygen atoms in total. The summed E-state index contributed by atoms with van der Waals surface area (Å²) in [6.07, 6.45) is 91.4. The van der Waals surface area contributed by atoms with Gasteiger partial charge in [0, 0.05) is 25.7 Å². The van der Waals surface area contributed by atoms with Gasteiger partial charge in [-0.1, -0.05) is 322 Å². The second-order valence-corrected chi connectivity index (χ2v) is 30.9. The summed E-state index contributed by atoms with van der Waals surface area (Å²) in [5.41, 5.74) is 0. The lowest BCUT2D eigenvalue weighted by molar-refractivity contribution is -0.161. The Kier molecular flexibility index (Phi) is 76.7. The number of phosphoric acid groups is 2. The number of carbonyl (C=O) groups excluding carboxylic acids is 4. The summed E-state index contributed by atoms with van der Waals surface area (Å²) in [7, 11) is -10.00. The van der Waals surface area contributed by atoms with E-state index in [4.69, 9.17) is 37.0 Å². The molecule has 0 aromatic heterocycles. The molecule has 0 saturated carbocycles. The van der Waals surface area contributed by atoms with Crippen molar-refractivity contribution < 1.29 is 80.2 Å². The molecule has 0 saturated heterocycles. The second kappa shape index (κ2) is 80.3. The maximum absolute atomic E-state index is 13.1. The maximum Gasteiger partial charge on any atom is 0.472 e. The molecule has 620 valence electrons. The van der Waals surface area contributed by atoms with Crippen LogP contribution in [-0.4, -0.2) is 96.7 Å². The van der Waals surface area contributed by atoms with Gasteiger partial charge < -0.3 is 33.8 Å². The van der Waals surface area contributed by atoms with E-state index in [0.29, 0.717) is 32.1 Å². The summed E-state index contributed by atoms with van der Waals surface area (Å²) >= 11 is 0. The Labute approximate surface area is 656 Å². The Morgan fingerprint density at radius 3 is 0.843 bits per heavy atom. The van der Waals surface area contributed by atoms with Crippen molar-refractivity contribution in [2.45, 2.75) is 367 Å². The molecule has 0 aromatic carbocycles. The molecule has 0 aromatic rings. The minimum absolute atomic E-state index is 0.0390. The molecule has 0 heterocycles. The number of allylic oxidation sites excluding steroid dienone is 22. The molecule has 0 fully saturated rings. The molecular weight excluding hydrogens is 1400 g/mol. The van der Waals surface area contributed by atoms with E-state index < -0.39 is 97.5 Å². The van der Waals surface area contributed by atoms with Gasteiger partial charge in [-0.2, -0.15) is 0 Å². The molecule has 0 rings (SSSR count). The molecule has 5 atom stereocenters. The van der Waals surface area contributed by atoms with Crippen LogP contribution in [0.1, 0.15) is 349 Å². The summed E-state index contributed by atoms with van der Waals surface area (Å²) < 4.78 is 68.7. The van der Waals surface area contributed by atoms with E-state index >= 15 is 0 Å². The summed E-state index contributed by atoms with van der Waals surface area (Å²) in [4.78, 5) is 73.2. The van der Waals surface area contributed by atoms with Gasteiger partial charge in [-0.05, 0) is 135 Å². The van der Waals surface area contributed by atoms with Crippen LogP contribution in [0.4, 0.5) is 0 Å². The third-order valence-electron chi connectivity index (χ3n) is 17.6. The SMILES string of the molecule is CC/C=C\C/C=C\C/C=C\C/C=C\C/C=C\CCCCCC(=O)OC[C@H](COP(=O)(O)OC[C@@H](O)COP(=O)(O)OC[C@@H](COC(=O)CCCCCCCCC/C=C\CCCCCC)OC(=O)CCCCCCCCCCCCCCCCC)OC(=O)CC/C=C\C/C=C\C/C=C\C/C=C\C/C=C\CCCCC. The molecule has 0 aliphatic rings. The van der Waals surface area contributed by atoms with E-state index in [1.165, 1.54) is 122 Å². The maximum atomic E-state index is 13.1. The minimum Gasteiger partial charge on any atom is -0.462 e. The van der Waals surface area contributed by atoms with Gasteiger partial charge in [0.25, 0.3) is 0 Å². The van der Waals surface area contributed by atoms with Gasteiger partial charge in [-0.15, -0.1) is 0 Å². The highest BCUT2D eigenvalue weighted by atomic mass is 31.2. The summed E-state index contributed by atoms with van der Waals surface area (Å²) in [5, 5.41) is 10.7. The number of carbonyl (C=O) groups is 4. The highest BCUT2D eigenvalue weighted by Crippen LogP contribution is 2.45. The van der Waals surface area contributed by atoms with Crippen molar-refractivity contribution >= 4 is 39.5 Å². The number of esters is 4. The minimum atomic E-state index is -5.01. The summed E-state index contributed by atoms with van der Waals surface area (Å²) in [5.74, 6) is -2.30. The lowest BCUT2D eigenvalue weighted by Crippen LogP contribution is -2.30. The number of aliphatic hydroxyl groups is 1. The first-order valence-electron chi connectivity index (χ1n) is 42.4. The second-order valence-electron chi connectivity index (χ2n) is 28.0. The molecule has 0 aliphatic carbocycles. The zero-order valence-corrected chi connectivity index (χ0v) is 69.8. The molecular formula is C89H152O17P2. The van der Waals surface area contributed by atoms with Crippen LogP contribution in [0, 0.1) is 0 Å². The van der Waals surface area contributed by atoms with E-state index in [9.17, 15) is 43.2 Å². The van der Waals surface area contributed by atoms with Gasteiger partial charge in [-0.3, -0.25) is 37.3 Å². The van der Waals surface area contributed by atoms with E-state index in [1.807, 2.05) is 18.2 Å². The lowest BCUT2D eigenvalue weighted by Gasteiger charge is -2.21. The van der Waals surface area contributed by atoms with E-state index in [0.717, 1.165) is 141 Å². The number of phosphoric ester groups is 2. The summed E-state index contributed by atoms with van der Waals surface area (Å²) in [6, 6.07) is 0. The first-order valence-corrected chi connectivity index (χ1v) is 45.4. The normalized spacial score (nSPS) is 14.5. The van der Waals surface area contributed by atoms with Gasteiger partial charge in [0.15, 0.2) is 12.2 Å². The van der Waals surface area contributed by atoms with Crippen LogP contribution >= 0.6 is 15.6 Å². The predicted molar refractivity (Wildman–Crippen MR) is 445 cm³/mol. The van der Waals surface area contributed by atoms with E-state index in [2.05, 4.69) is 143 Å². The Balaban J connectivity index is 5.47. The Hall–Kier alpha value is -4.80. The van der Waals surface area contributed by atoms with E-state index in [1.54, 1.807) is 0 Å². The number of aliphatic hydroxyl groups excluding tert-OH is 1. The largest absolute Gasteiger partial charge is 0.472 e. The molecule has 3 N–H and O–H groups in total. The Bertz CT molecular complexity index is 2560. The molecule has 2 unspecified atom stereocenters. The van der Waals surface area contributed by atoms with Crippen molar-refractivity contribution in [2.75, 3.05) is 39.6 Å². The molecule has 0 bridgehead atoms. The standard InChI is InChI=1S/C89H152O17P2/c1-5-9-13-17-21-25-29-33-37-39-41-43-47-50-54-58-62-66-70-74-87(92)100-80-85(106-89(94)76-72-68-64-60-56-52-48-44-42-40-38-34-30-26-22-18-14-10-6-2)82-104-108(97,98)102-78-83(90)77-101-107(95,96)103-81-84(105-88(93)75-71-67-63-59-55-51-46-36-32-28-24-20-16-12-8-4)79-99-86(91)73-69-65-61-57-53-49-45-35-31-27-23-19-15-11-7-3/h9,13,21-22,25-27,31,33-34,37-38,41-44,50,52,54,56,64,68,83-85,90H,5-8,10-12,14-20,23-24,28-30,32,35-36,39-40,45-49,51,53,55,57-63,65-67,69-82H2,1-4H3,(H,95,96)(H,97,98)/b13-9-,25-21-,26-22-,31-27-,37-33-,38-34-,43-41-,44-42-,54-50-,56-52-,68-64-/t83-,84+,85+/m0/s1. The molecule has 0 aliphatic heterocycles. The van der Waals surface area contributed by atoms with Gasteiger partial charge in [0.05, 0.1) is 26.4 Å². The van der Waals surface area contributed by atoms with Crippen LogP contribution < -0.4 is 0 Å². The van der Waals surface area contributed by atoms with Gasteiger partial charge in [0.1, 0.15) is 19.3 Å². The van der Waals surface area contributed by atoms with Gasteiger partial charge in [0.2, 0.25) is 0 Å². The number of hydrogen-bond acceptors (Lipinski definition) is 15. The van der Waals surface area contributed by atoms with E-state index in [-0.39, 0.29) is 25.7 Å². The third kappa shape index (κ3) is 79.3. The average molecular weight is 1560 g/mol. The molecule has 0 spiro atoms. The van der Waals surface area contributed by atoms with Crippen LogP contribution in [0.3, 0.4) is 0 Å². The van der Waals surface area contributed by atoms with Crippen molar-refractivity contribution in [3.05, 3.63) is 134 Å². The smallest absolute Gasteiger partial charge is 0.462 e.